The van der Waals surface area contributed by atoms with E-state index in [4.69, 9.17) is 16.3 Å². The Balaban J connectivity index is 1.61. The van der Waals surface area contributed by atoms with Crippen LogP contribution < -0.4 is 10.1 Å². The zero-order valence-electron chi connectivity index (χ0n) is 13.4. The van der Waals surface area contributed by atoms with Gasteiger partial charge in [0.2, 0.25) is 0 Å². The summed E-state index contributed by atoms with van der Waals surface area (Å²) in [7, 11) is 0. The number of rotatable bonds is 5. The number of ether oxygens (including phenoxy) is 1. The van der Waals surface area contributed by atoms with Gasteiger partial charge in [0.05, 0.1) is 10.2 Å². The molecule has 0 radical (unpaired) electrons. The number of hydrogen-bond donors (Lipinski definition) is 1. The monoisotopic (exact) mass is 360 g/mol. The van der Waals surface area contributed by atoms with E-state index in [1.807, 2.05) is 36.4 Å². The molecule has 3 rings (SSSR count). The van der Waals surface area contributed by atoms with Crippen LogP contribution in [0.25, 0.3) is 10.2 Å². The molecule has 0 atom stereocenters. The van der Waals surface area contributed by atoms with Gasteiger partial charge < -0.3 is 4.74 Å². The maximum absolute atomic E-state index is 12.1. The zero-order valence-corrected chi connectivity index (χ0v) is 14.9. The first-order chi connectivity index (χ1) is 11.5. The highest BCUT2D eigenvalue weighted by molar-refractivity contribution is 7.22. The lowest BCUT2D eigenvalue weighted by Crippen LogP contribution is -2.20. The SMILES string of the molecule is CC(C)c1cccc(OCC(=O)Nc2nc3ccc(Cl)cc3s2)c1. The van der Waals surface area contributed by atoms with E-state index in [9.17, 15) is 4.79 Å². The van der Waals surface area contributed by atoms with Gasteiger partial charge in [-0.2, -0.15) is 0 Å². The third-order valence-electron chi connectivity index (χ3n) is 3.49. The fourth-order valence-corrected chi connectivity index (χ4v) is 3.38. The first kappa shape index (κ1) is 16.7. The molecule has 0 unspecified atom stereocenters. The smallest absolute Gasteiger partial charge is 0.264 e. The fraction of sp³-hybridized carbons (Fsp3) is 0.222. The molecule has 4 nitrogen and oxygen atoms in total. The number of benzene rings is 2. The van der Waals surface area contributed by atoms with Gasteiger partial charge in [-0.15, -0.1) is 0 Å². The molecule has 1 aromatic heterocycles. The molecule has 124 valence electrons. The van der Waals surface area contributed by atoms with E-state index in [0.717, 1.165) is 10.2 Å². The number of halogens is 1. The summed E-state index contributed by atoms with van der Waals surface area (Å²) < 4.78 is 6.50. The Hall–Kier alpha value is -2.11. The van der Waals surface area contributed by atoms with Gasteiger partial charge in [0.25, 0.3) is 5.91 Å². The van der Waals surface area contributed by atoms with Gasteiger partial charge in [-0.25, -0.2) is 4.98 Å². The summed E-state index contributed by atoms with van der Waals surface area (Å²) in [6.45, 7) is 4.18. The van der Waals surface area contributed by atoms with Crippen molar-refractivity contribution in [2.45, 2.75) is 19.8 Å². The van der Waals surface area contributed by atoms with Crippen LogP contribution in [0.5, 0.6) is 5.75 Å². The van der Waals surface area contributed by atoms with E-state index in [0.29, 0.717) is 21.8 Å². The number of nitrogens with one attached hydrogen (secondary N) is 1. The Morgan fingerprint density at radius 1 is 1.29 bits per heavy atom. The molecule has 0 aliphatic heterocycles. The van der Waals surface area contributed by atoms with Crippen LogP contribution in [-0.2, 0) is 4.79 Å². The van der Waals surface area contributed by atoms with E-state index in [-0.39, 0.29) is 12.5 Å². The molecule has 0 spiro atoms. The summed E-state index contributed by atoms with van der Waals surface area (Å²) in [5.74, 6) is 0.861. The molecular weight excluding hydrogens is 344 g/mol. The summed E-state index contributed by atoms with van der Waals surface area (Å²) in [5, 5.41) is 3.95. The number of anilines is 1. The Morgan fingerprint density at radius 3 is 2.92 bits per heavy atom. The van der Waals surface area contributed by atoms with Crippen molar-refractivity contribution in [3.8, 4) is 5.75 Å². The van der Waals surface area contributed by atoms with Gasteiger partial charge in [0, 0.05) is 5.02 Å². The fourth-order valence-electron chi connectivity index (χ4n) is 2.22. The van der Waals surface area contributed by atoms with Crippen molar-refractivity contribution >= 4 is 44.2 Å². The predicted octanol–water partition coefficient (Wildman–Crippen LogP) is 5.09. The quantitative estimate of drug-likeness (QED) is 0.689. The molecule has 1 heterocycles. The molecule has 3 aromatic rings. The molecule has 0 saturated carbocycles. The molecule has 1 amide bonds. The minimum Gasteiger partial charge on any atom is -0.484 e. The van der Waals surface area contributed by atoms with Gasteiger partial charge in [-0.05, 0) is 41.8 Å². The Morgan fingerprint density at radius 2 is 2.12 bits per heavy atom. The predicted molar refractivity (Wildman–Crippen MR) is 99.3 cm³/mol. The minimum absolute atomic E-state index is 0.0573. The van der Waals surface area contributed by atoms with Crippen LogP contribution in [0.15, 0.2) is 42.5 Å². The second-order valence-electron chi connectivity index (χ2n) is 5.70. The number of amides is 1. The lowest BCUT2D eigenvalue weighted by atomic mass is 10.0. The molecule has 1 N–H and O–H groups in total. The second kappa shape index (κ2) is 7.20. The van der Waals surface area contributed by atoms with E-state index >= 15 is 0 Å². The number of nitrogens with zero attached hydrogens (tertiary/aromatic N) is 1. The third-order valence-corrected chi connectivity index (χ3v) is 4.66. The maximum Gasteiger partial charge on any atom is 0.264 e. The van der Waals surface area contributed by atoms with E-state index in [1.54, 1.807) is 6.07 Å². The van der Waals surface area contributed by atoms with Crippen LogP contribution in [0.2, 0.25) is 5.02 Å². The molecule has 0 aliphatic carbocycles. The average Bonchev–Trinajstić information content (AvgIpc) is 2.94. The standard InChI is InChI=1S/C18H17ClN2O2S/c1-11(2)12-4-3-5-14(8-12)23-10-17(22)21-18-20-15-7-6-13(19)9-16(15)24-18/h3-9,11H,10H2,1-2H3,(H,20,21,22). The molecule has 0 aliphatic rings. The highest BCUT2D eigenvalue weighted by Crippen LogP contribution is 2.28. The van der Waals surface area contributed by atoms with Gasteiger partial charge in [0.1, 0.15) is 5.75 Å². The summed E-state index contributed by atoms with van der Waals surface area (Å²) in [6.07, 6.45) is 0. The van der Waals surface area contributed by atoms with Crippen LogP contribution in [0.4, 0.5) is 5.13 Å². The summed E-state index contributed by atoms with van der Waals surface area (Å²) in [5.41, 5.74) is 1.99. The van der Waals surface area contributed by atoms with Crippen molar-refractivity contribution in [3.05, 3.63) is 53.1 Å². The van der Waals surface area contributed by atoms with Crippen LogP contribution in [0, 0.1) is 0 Å². The summed E-state index contributed by atoms with van der Waals surface area (Å²) in [6, 6.07) is 13.2. The van der Waals surface area contributed by atoms with Crippen LogP contribution in [0.3, 0.4) is 0 Å². The van der Waals surface area contributed by atoms with Crippen molar-refractivity contribution in [3.63, 3.8) is 0 Å². The topological polar surface area (TPSA) is 51.2 Å². The first-order valence-corrected chi connectivity index (χ1v) is 8.79. The van der Waals surface area contributed by atoms with Crippen LogP contribution in [-0.4, -0.2) is 17.5 Å². The highest BCUT2D eigenvalue weighted by atomic mass is 35.5. The number of carbonyl (C=O) groups is 1. The van der Waals surface area contributed by atoms with Gasteiger partial charge >= 0.3 is 0 Å². The van der Waals surface area contributed by atoms with E-state index < -0.39 is 0 Å². The van der Waals surface area contributed by atoms with Gasteiger partial charge in [-0.3, -0.25) is 10.1 Å². The van der Waals surface area contributed by atoms with Gasteiger partial charge in [-0.1, -0.05) is 48.9 Å². The van der Waals surface area contributed by atoms with Crippen molar-refractivity contribution in [2.24, 2.45) is 0 Å². The van der Waals surface area contributed by atoms with Crippen LogP contribution in [0.1, 0.15) is 25.3 Å². The molecule has 24 heavy (non-hydrogen) atoms. The Kier molecular flexibility index (Phi) is 5.02. The van der Waals surface area contributed by atoms with Crippen molar-refractivity contribution < 1.29 is 9.53 Å². The van der Waals surface area contributed by atoms with E-state index in [2.05, 4.69) is 24.1 Å². The van der Waals surface area contributed by atoms with Gasteiger partial charge in [0.15, 0.2) is 11.7 Å². The first-order valence-electron chi connectivity index (χ1n) is 7.60. The third kappa shape index (κ3) is 4.04. The van der Waals surface area contributed by atoms with Crippen molar-refractivity contribution in [1.29, 1.82) is 0 Å². The minimum atomic E-state index is -0.241. The Labute approximate surface area is 149 Å². The number of thiazole rings is 1. The summed E-state index contributed by atoms with van der Waals surface area (Å²) >= 11 is 7.34. The lowest BCUT2D eigenvalue weighted by Gasteiger charge is -2.09. The van der Waals surface area contributed by atoms with Crippen LogP contribution >= 0.6 is 22.9 Å². The second-order valence-corrected chi connectivity index (χ2v) is 7.16. The molecular formula is C18H17ClN2O2S. The normalized spacial score (nSPS) is 11.0. The number of hydrogen-bond acceptors (Lipinski definition) is 4. The largest absolute Gasteiger partial charge is 0.484 e. The zero-order chi connectivity index (χ0) is 17.1. The average molecular weight is 361 g/mol. The number of carbonyl (C=O) groups excluding carboxylic acids is 1. The highest BCUT2D eigenvalue weighted by Gasteiger charge is 2.09. The lowest BCUT2D eigenvalue weighted by molar-refractivity contribution is -0.118. The molecule has 6 heteroatoms. The van der Waals surface area contributed by atoms with E-state index in [1.165, 1.54) is 16.9 Å². The number of aromatic nitrogens is 1. The molecule has 0 fully saturated rings. The van der Waals surface area contributed by atoms with Crippen molar-refractivity contribution in [2.75, 3.05) is 11.9 Å². The Bertz CT molecular complexity index is 876. The summed E-state index contributed by atoms with van der Waals surface area (Å²) in [4.78, 5) is 16.4. The molecule has 0 bridgehead atoms. The molecule has 0 saturated heterocycles. The maximum atomic E-state index is 12.1. The molecule has 2 aromatic carbocycles. The van der Waals surface area contributed by atoms with Crippen molar-refractivity contribution in [1.82, 2.24) is 4.98 Å². The number of fused-ring (bicyclic) bond motifs is 1.